The van der Waals surface area contributed by atoms with Crippen molar-refractivity contribution in [3.63, 3.8) is 0 Å². The highest BCUT2D eigenvalue weighted by Gasteiger charge is 2.31. The van der Waals surface area contributed by atoms with E-state index in [1.165, 1.54) is 6.07 Å². The first-order valence-electron chi connectivity index (χ1n) is 9.18. The maximum absolute atomic E-state index is 14.0. The Morgan fingerprint density at radius 2 is 2.19 bits per heavy atom. The molecule has 1 aliphatic heterocycles. The highest BCUT2D eigenvalue weighted by Crippen LogP contribution is 2.25. The predicted octanol–water partition coefficient (Wildman–Crippen LogP) is 2.91. The standard InChI is InChI=1S/C20H26FN3O2/c1-26-19-9-13-23(20(25)8-4-11-24-12-5-10-22-24)15-17(19)14-16-6-2-3-7-18(16)21/h2-3,5-7,10,12,17,19H,4,8-9,11,13-15H2,1H3/t17-,19-/m1/s1. The van der Waals surface area contributed by atoms with E-state index in [9.17, 15) is 9.18 Å². The lowest BCUT2D eigenvalue weighted by atomic mass is 9.88. The molecule has 3 rings (SSSR count). The molecular formula is C20H26FN3O2. The number of likely N-dealkylation sites (tertiary alicyclic amines) is 1. The zero-order chi connectivity index (χ0) is 18.4. The number of carbonyl (C=O) groups excluding carboxylic acids is 1. The van der Waals surface area contributed by atoms with Gasteiger partial charge in [-0.05, 0) is 37.0 Å². The molecule has 6 heteroatoms. The first-order valence-corrected chi connectivity index (χ1v) is 9.18. The van der Waals surface area contributed by atoms with Crippen LogP contribution in [0, 0.1) is 11.7 Å². The number of halogens is 1. The van der Waals surface area contributed by atoms with Crippen LogP contribution in [0.5, 0.6) is 0 Å². The summed E-state index contributed by atoms with van der Waals surface area (Å²) in [5.41, 5.74) is 0.688. The first-order chi connectivity index (χ1) is 12.7. The number of hydrogen-bond acceptors (Lipinski definition) is 3. The molecule has 0 radical (unpaired) electrons. The van der Waals surface area contributed by atoms with Gasteiger partial charge in [0.25, 0.3) is 0 Å². The number of aromatic nitrogens is 2. The fraction of sp³-hybridized carbons (Fsp3) is 0.500. The molecule has 1 saturated heterocycles. The van der Waals surface area contributed by atoms with E-state index in [-0.39, 0.29) is 23.7 Å². The van der Waals surface area contributed by atoms with Crippen molar-refractivity contribution >= 4 is 5.91 Å². The van der Waals surface area contributed by atoms with Crippen LogP contribution in [0.3, 0.4) is 0 Å². The SMILES string of the molecule is CO[C@@H]1CCN(C(=O)CCCn2cccn2)C[C@H]1Cc1ccccc1F. The molecule has 140 valence electrons. The third-order valence-electron chi connectivity index (χ3n) is 5.10. The molecule has 5 nitrogen and oxygen atoms in total. The monoisotopic (exact) mass is 359 g/mol. The minimum Gasteiger partial charge on any atom is -0.381 e. The Kier molecular flexibility index (Phi) is 6.39. The number of carbonyl (C=O) groups is 1. The number of nitrogens with zero attached hydrogens (tertiary/aromatic N) is 3. The quantitative estimate of drug-likeness (QED) is 0.764. The zero-order valence-corrected chi connectivity index (χ0v) is 15.2. The topological polar surface area (TPSA) is 47.4 Å². The van der Waals surface area contributed by atoms with Crippen LogP contribution >= 0.6 is 0 Å². The summed E-state index contributed by atoms with van der Waals surface area (Å²) < 4.78 is 21.4. The maximum Gasteiger partial charge on any atom is 0.222 e. The fourth-order valence-electron chi connectivity index (χ4n) is 3.67. The molecule has 0 saturated carbocycles. The van der Waals surface area contributed by atoms with E-state index in [0.717, 1.165) is 19.4 Å². The van der Waals surface area contributed by atoms with E-state index in [1.807, 2.05) is 34.0 Å². The van der Waals surface area contributed by atoms with Crippen LogP contribution in [0.4, 0.5) is 4.39 Å². The van der Waals surface area contributed by atoms with Crippen molar-refractivity contribution in [3.05, 3.63) is 54.1 Å². The summed E-state index contributed by atoms with van der Waals surface area (Å²) in [6.45, 7) is 2.06. The van der Waals surface area contributed by atoms with Crippen LogP contribution in [-0.4, -0.2) is 46.9 Å². The van der Waals surface area contributed by atoms with Gasteiger partial charge in [-0.25, -0.2) is 4.39 Å². The first kappa shape index (κ1) is 18.6. The highest BCUT2D eigenvalue weighted by atomic mass is 19.1. The molecule has 0 unspecified atom stereocenters. The van der Waals surface area contributed by atoms with Crippen LogP contribution in [0.1, 0.15) is 24.8 Å². The van der Waals surface area contributed by atoms with Crippen LogP contribution in [-0.2, 0) is 22.5 Å². The van der Waals surface area contributed by atoms with Gasteiger partial charge in [0.2, 0.25) is 5.91 Å². The largest absolute Gasteiger partial charge is 0.381 e. The summed E-state index contributed by atoms with van der Waals surface area (Å²) in [7, 11) is 1.70. The number of amides is 1. The van der Waals surface area contributed by atoms with Gasteiger partial charge in [-0.2, -0.15) is 5.10 Å². The lowest BCUT2D eigenvalue weighted by molar-refractivity contribution is -0.135. The van der Waals surface area contributed by atoms with Gasteiger partial charge in [0, 0.05) is 51.5 Å². The number of ether oxygens (including phenoxy) is 1. The molecule has 1 aliphatic rings. The second kappa shape index (κ2) is 8.94. The molecule has 0 bridgehead atoms. The van der Waals surface area contributed by atoms with E-state index in [0.29, 0.717) is 31.5 Å². The van der Waals surface area contributed by atoms with Crippen LogP contribution in [0.2, 0.25) is 0 Å². The Balaban J connectivity index is 1.55. The molecule has 0 spiro atoms. The van der Waals surface area contributed by atoms with Gasteiger partial charge in [-0.1, -0.05) is 18.2 Å². The minimum atomic E-state index is -0.190. The van der Waals surface area contributed by atoms with Gasteiger partial charge in [0.1, 0.15) is 5.82 Å². The number of rotatable bonds is 7. The number of aryl methyl sites for hydroxylation is 1. The van der Waals surface area contributed by atoms with Gasteiger partial charge in [0.05, 0.1) is 6.10 Å². The third-order valence-corrected chi connectivity index (χ3v) is 5.10. The van der Waals surface area contributed by atoms with Gasteiger partial charge in [-0.15, -0.1) is 0 Å². The van der Waals surface area contributed by atoms with Crippen LogP contribution in [0.25, 0.3) is 0 Å². The van der Waals surface area contributed by atoms with E-state index in [1.54, 1.807) is 19.4 Å². The zero-order valence-electron chi connectivity index (χ0n) is 15.2. The predicted molar refractivity (Wildman–Crippen MR) is 97.0 cm³/mol. The molecule has 0 N–H and O–H groups in total. The normalized spacial score (nSPS) is 20.3. The molecule has 1 aromatic heterocycles. The Hall–Kier alpha value is -2.21. The molecule has 2 atom stereocenters. The van der Waals surface area contributed by atoms with Crippen LogP contribution < -0.4 is 0 Å². The van der Waals surface area contributed by atoms with Crippen LogP contribution in [0.15, 0.2) is 42.7 Å². The van der Waals surface area contributed by atoms with E-state index in [4.69, 9.17) is 4.74 Å². The molecule has 1 amide bonds. The van der Waals surface area contributed by atoms with Crippen molar-refractivity contribution in [2.75, 3.05) is 20.2 Å². The Morgan fingerprint density at radius 3 is 2.92 bits per heavy atom. The second-order valence-corrected chi connectivity index (χ2v) is 6.83. The van der Waals surface area contributed by atoms with E-state index < -0.39 is 0 Å². The second-order valence-electron chi connectivity index (χ2n) is 6.83. The summed E-state index contributed by atoms with van der Waals surface area (Å²) in [6, 6.07) is 8.72. The summed E-state index contributed by atoms with van der Waals surface area (Å²) in [5.74, 6) is 0.0796. The minimum absolute atomic E-state index is 0.0581. The third kappa shape index (κ3) is 4.69. The van der Waals surface area contributed by atoms with Crippen molar-refractivity contribution in [3.8, 4) is 0 Å². The Morgan fingerprint density at radius 1 is 1.35 bits per heavy atom. The molecule has 2 heterocycles. The van der Waals surface area contributed by atoms with Gasteiger partial charge in [-0.3, -0.25) is 9.48 Å². The molecule has 26 heavy (non-hydrogen) atoms. The van der Waals surface area contributed by atoms with E-state index >= 15 is 0 Å². The lowest BCUT2D eigenvalue weighted by Gasteiger charge is -2.38. The lowest BCUT2D eigenvalue weighted by Crippen LogP contribution is -2.47. The van der Waals surface area contributed by atoms with Crippen molar-refractivity contribution in [1.29, 1.82) is 0 Å². The fourth-order valence-corrected chi connectivity index (χ4v) is 3.67. The number of benzene rings is 1. The number of methoxy groups -OCH3 is 1. The number of piperidine rings is 1. The Labute approximate surface area is 153 Å². The molecule has 0 aliphatic carbocycles. The molecule has 1 aromatic carbocycles. The van der Waals surface area contributed by atoms with Gasteiger partial charge >= 0.3 is 0 Å². The molecular weight excluding hydrogens is 333 g/mol. The summed E-state index contributed by atoms with van der Waals surface area (Å²) in [5, 5.41) is 4.15. The molecule has 1 fully saturated rings. The van der Waals surface area contributed by atoms with Crippen molar-refractivity contribution in [2.24, 2.45) is 5.92 Å². The van der Waals surface area contributed by atoms with Crippen molar-refractivity contribution in [1.82, 2.24) is 14.7 Å². The van der Waals surface area contributed by atoms with Gasteiger partial charge < -0.3 is 9.64 Å². The van der Waals surface area contributed by atoms with Crippen molar-refractivity contribution < 1.29 is 13.9 Å². The van der Waals surface area contributed by atoms with E-state index in [2.05, 4.69) is 5.10 Å². The Bertz CT molecular complexity index is 705. The average Bonchev–Trinajstić information content (AvgIpc) is 3.17. The molecule has 2 aromatic rings. The van der Waals surface area contributed by atoms with Crippen molar-refractivity contribution in [2.45, 2.75) is 38.3 Å². The summed E-state index contributed by atoms with van der Waals surface area (Å²) in [6.07, 6.45) is 6.35. The summed E-state index contributed by atoms with van der Waals surface area (Å²) in [4.78, 5) is 14.5. The average molecular weight is 359 g/mol. The smallest absolute Gasteiger partial charge is 0.222 e. The summed E-state index contributed by atoms with van der Waals surface area (Å²) >= 11 is 0. The maximum atomic E-state index is 14.0. The van der Waals surface area contributed by atoms with Gasteiger partial charge in [0.15, 0.2) is 0 Å². The highest BCUT2D eigenvalue weighted by molar-refractivity contribution is 5.76. The number of hydrogen-bond donors (Lipinski definition) is 0.